The maximum atomic E-state index is 14.4. The predicted molar refractivity (Wildman–Crippen MR) is 268 cm³/mol. The van der Waals surface area contributed by atoms with Crippen LogP contribution in [0, 0.1) is 0 Å². The Morgan fingerprint density at radius 3 is 1.00 bits per heavy atom. The predicted octanol–water partition coefficient (Wildman–Crippen LogP) is 17.5. The van der Waals surface area contributed by atoms with Crippen molar-refractivity contribution in [3.8, 4) is 5.88 Å². The molecule has 1 aliphatic carbocycles. The zero-order chi connectivity index (χ0) is 43.9. The average molecular weight is 857 g/mol. The smallest absolute Gasteiger partial charge is 0.333 e. The van der Waals surface area contributed by atoms with Gasteiger partial charge in [0, 0.05) is 5.92 Å². The molecule has 0 amide bonds. The van der Waals surface area contributed by atoms with Crippen LogP contribution in [0.1, 0.15) is 328 Å². The Morgan fingerprint density at radius 2 is 0.689 bits per heavy atom. The van der Waals surface area contributed by atoms with Crippen LogP contribution in [0.3, 0.4) is 0 Å². The number of aromatic hydroxyl groups is 1. The van der Waals surface area contributed by atoms with Crippen molar-refractivity contribution in [2.24, 2.45) is 0 Å². The highest BCUT2D eigenvalue weighted by molar-refractivity contribution is 5.26. The number of hydrogen-bond donors (Lipinski definition) is 3. The van der Waals surface area contributed by atoms with Crippen molar-refractivity contribution in [2.75, 3.05) is 13.1 Å². The number of hydrogen-bond acceptors (Lipinski definition) is 4. The van der Waals surface area contributed by atoms with Gasteiger partial charge >= 0.3 is 5.69 Å². The number of nitrogens with zero attached hydrogens (tertiary/aromatic N) is 2. The van der Waals surface area contributed by atoms with E-state index in [9.17, 15) is 9.90 Å². The minimum absolute atomic E-state index is 0.0578. The molecule has 2 atom stereocenters. The lowest BCUT2D eigenvalue weighted by Crippen LogP contribution is -2.38. The van der Waals surface area contributed by atoms with Gasteiger partial charge in [-0.3, -0.25) is 15.2 Å². The first kappa shape index (κ1) is 55.9. The molecule has 0 aromatic carbocycles. The highest BCUT2D eigenvalue weighted by Gasteiger charge is 2.30. The van der Waals surface area contributed by atoms with Crippen molar-refractivity contribution in [1.82, 2.24) is 19.8 Å². The Labute approximate surface area is 380 Å². The van der Waals surface area contributed by atoms with E-state index in [1.165, 1.54) is 250 Å². The van der Waals surface area contributed by atoms with Crippen LogP contribution in [0.25, 0.3) is 0 Å². The van der Waals surface area contributed by atoms with Crippen LogP contribution in [0.2, 0.25) is 0 Å². The molecule has 1 aliphatic rings. The van der Waals surface area contributed by atoms with E-state index in [2.05, 4.69) is 38.3 Å². The second-order valence-electron chi connectivity index (χ2n) is 20.1. The van der Waals surface area contributed by atoms with Gasteiger partial charge in [-0.05, 0) is 52.6 Å². The Morgan fingerprint density at radius 1 is 0.426 bits per heavy atom. The third kappa shape index (κ3) is 27.6. The first-order valence-corrected chi connectivity index (χ1v) is 28.0. The van der Waals surface area contributed by atoms with E-state index in [-0.39, 0.29) is 29.8 Å². The molecule has 0 bridgehead atoms. The van der Waals surface area contributed by atoms with Gasteiger partial charge in [0.2, 0.25) is 5.88 Å². The maximum absolute atomic E-state index is 14.4. The molecular formula is C55H108N4O2. The molecule has 360 valence electrons. The van der Waals surface area contributed by atoms with Gasteiger partial charge in [0.25, 0.3) is 0 Å². The first-order chi connectivity index (χ1) is 30.0. The molecule has 3 N–H and O–H groups in total. The van der Waals surface area contributed by atoms with Gasteiger partial charge in [0.1, 0.15) is 0 Å². The Bertz CT molecular complexity index is 1130. The third-order valence-electron chi connectivity index (χ3n) is 14.3. The van der Waals surface area contributed by atoms with Gasteiger partial charge in [-0.25, -0.2) is 9.36 Å². The lowest BCUT2D eigenvalue weighted by molar-refractivity contribution is 0.341. The lowest BCUT2D eigenvalue weighted by Gasteiger charge is -2.23. The number of imidazole rings is 1. The SMILES string of the molecule is CCCCCCCCCCCCCCCCCCNC(C)n1c(O)c(C2CCCCCCCCCCC2)n(C(C)NCCCCCCCCCCCCCCCCCC)c1=O. The molecule has 0 radical (unpaired) electrons. The average Bonchev–Trinajstić information content (AvgIpc) is 3.52. The Kier molecular flexibility index (Phi) is 36.9. The fourth-order valence-electron chi connectivity index (χ4n) is 10.2. The minimum Gasteiger partial charge on any atom is -0.493 e. The summed E-state index contributed by atoms with van der Waals surface area (Å²) in [6.07, 6.45) is 57.3. The summed E-state index contributed by atoms with van der Waals surface area (Å²) in [6, 6.07) is 0. The van der Waals surface area contributed by atoms with Crippen molar-refractivity contribution < 1.29 is 5.11 Å². The minimum atomic E-state index is -0.234. The molecule has 1 heterocycles. The van der Waals surface area contributed by atoms with Gasteiger partial charge in [0.05, 0.1) is 18.0 Å². The molecule has 1 aromatic heterocycles. The monoisotopic (exact) mass is 857 g/mol. The summed E-state index contributed by atoms with van der Waals surface area (Å²) in [5, 5.41) is 19.4. The molecule has 0 saturated heterocycles. The van der Waals surface area contributed by atoms with Crippen LogP contribution >= 0.6 is 0 Å². The van der Waals surface area contributed by atoms with Gasteiger partial charge < -0.3 is 5.11 Å². The van der Waals surface area contributed by atoms with Crippen molar-refractivity contribution >= 4 is 0 Å². The normalized spacial score (nSPS) is 15.8. The van der Waals surface area contributed by atoms with E-state index in [1.54, 1.807) is 4.57 Å². The van der Waals surface area contributed by atoms with Crippen molar-refractivity contribution in [2.45, 2.75) is 322 Å². The van der Waals surface area contributed by atoms with Crippen LogP contribution in [-0.4, -0.2) is 27.3 Å². The highest BCUT2D eigenvalue weighted by atomic mass is 16.3. The van der Waals surface area contributed by atoms with Crippen LogP contribution in [0.5, 0.6) is 5.88 Å². The van der Waals surface area contributed by atoms with Crippen molar-refractivity contribution in [1.29, 1.82) is 0 Å². The second-order valence-corrected chi connectivity index (χ2v) is 20.1. The van der Waals surface area contributed by atoms with Gasteiger partial charge in [0.15, 0.2) is 0 Å². The van der Waals surface area contributed by atoms with E-state index in [0.717, 1.165) is 44.5 Å². The summed E-state index contributed by atoms with van der Waals surface area (Å²) >= 11 is 0. The van der Waals surface area contributed by atoms with Crippen LogP contribution in [0.15, 0.2) is 4.79 Å². The molecule has 2 rings (SSSR count). The quantitative estimate of drug-likeness (QED) is 0.0577. The zero-order valence-corrected chi connectivity index (χ0v) is 41.8. The molecule has 6 heteroatoms. The molecule has 2 unspecified atom stereocenters. The zero-order valence-electron chi connectivity index (χ0n) is 41.8. The standard InChI is InChI=1S/C55H108N4O2/c1-5-7-9-11-13-15-17-19-21-23-25-27-32-36-40-44-48-56-50(3)58-53(52-46-42-38-34-30-29-31-35-39-43-47-52)54(60)59(55(58)61)51(4)57-49-45-41-37-33-28-26-24-22-20-18-16-14-12-10-8-6-2/h50-52,56-57,60H,5-49H2,1-4H3. The number of nitrogens with one attached hydrogen (secondary N) is 2. The van der Waals surface area contributed by atoms with Crippen LogP contribution in [0.4, 0.5) is 0 Å². The Balaban J connectivity index is 1.79. The molecule has 61 heavy (non-hydrogen) atoms. The van der Waals surface area contributed by atoms with E-state index in [1.807, 2.05) is 4.57 Å². The third-order valence-corrected chi connectivity index (χ3v) is 14.3. The maximum Gasteiger partial charge on any atom is 0.333 e. The molecule has 1 aromatic rings. The van der Waals surface area contributed by atoms with Crippen LogP contribution < -0.4 is 16.3 Å². The van der Waals surface area contributed by atoms with E-state index >= 15 is 0 Å². The largest absolute Gasteiger partial charge is 0.493 e. The van der Waals surface area contributed by atoms with Crippen LogP contribution in [-0.2, 0) is 0 Å². The topological polar surface area (TPSA) is 71.2 Å². The fourth-order valence-corrected chi connectivity index (χ4v) is 10.2. The number of aromatic nitrogens is 2. The molecule has 0 aliphatic heterocycles. The lowest BCUT2D eigenvalue weighted by atomic mass is 9.90. The van der Waals surface area contributed by atoms with E-state index in [4.69, 9.17) is 0 Å². The van der Waals surface area contributed by atoms with Crippen molar-refractivity contribution in [3.05, 3.63) is 16.2 Å². The summed E-state index contributed by atoms with van der Waals surface area (Å²) in [5.41, 5.74) is 0.836. The molecule has 6 nitrogen and oxygen atoms in total. The molecule has 1 fully saturated rings. The molecular weight excluding hydrogens is 749 g/mol. The summed E-state index contributed by atoms with van der Waals surface area (Å²) < 4.78 is 3.65. The summed E-state index contributed by atoms with van der Waals surface area (Å²) in [6.45, 7) is 10.6. The fraction of sp³-hybridized carbons (Fsp3) is 0.945. The summed E-state index contributed by atoms with van der Waals surface area (Å²) in [4.78, 5) is 14.4. The van der Waals surface area contributed by atoms with Gasteiger partial charge in [-0.15, -0.1) is 0 Å². The van der Waals surface area contributed by atoms with Gasteiger partial charge in [-0.2, -0.15) is 0 Å². The van der Waals surface area contributed by atoms with E-state index < -0.39 is 0 Å². The molecule has 0 spiro atoms. The highest BCUT2D eigenvalue weighted by Crippen LogP contribution is 2.36. The van der Waals surface area contributed by atoms with Gasteiger partial charge in [-0.1, -0.05) is 264 Å². The second kappa shape index (κ2) is 40.3. The number of unbranched alkanes of at least 4 members (excludes halogenated alkanes) is 30. The number of rotatable bonds is 39. The molecule has 1 saturated carbocycles. The summed E-state index contributed by atoms with van der Waals surface area (Å²) in [5.74, 6) is 0.436. The van der Waals surface area contributed by atoms with E-state index in [0.29, 0.717) is 0 Å². The Hall–Kier alpha value is -1.27. The summed E-state index contributed by atoms with van der Waals surface area (Å²) in [7, 11) is 0. The first-order valence-electron chi connectivity index (χ1n) is 28.0. The van der Waals surface area contributed by atoms with Crippen molar-refractivity contribution in [3.63, 3.8) is 0 Å².